The molecule has 0 bridgehead atoms. The second kappa shape index (κ2) is 7.53. The maximum atomic E-state index is 13.1. The predicted octanol–water partition coefficient (Wildman–Crippen LogP) is 2.95. The van der Waals surface area contributed by atoms with Crippen molar-refractivity contribution in [1.82, 2.24) is 10.2 Å². The summed E-state index contributed by atoms with van der Waals surface area (Å²) in [5, 5.41) is 3.78. The van der Waals surface area contributed by atoms with E-state index in [0.717, 1.165) is 39.1 Å². The van der Waals surface area contributed by atoms with Crippen molar-refractivity contribution in [3.63, 3.8) is 0 Å². The van der Waals surface area contributed by atoms with Crippen molar-refractivity contribution in [2.75, 3.05) is 33.0 Å². The predicted molar refractivity (Wildman–Crippen MR) is 86.3 cm³/mol. The fourth-order valence-electron chi connectivity index (χ4n) is 3.58. The van der Waals surface area contributed by atoms with Crippen LogP contribution in [0.25, 0.3) is 0 Å². The van der Waals surface area contributed by atoms with Crippen LogP contribution in [0.1, 0.15) is 37.7 Å². The quantitative estimate of drug-likeness (QED) is 0.905. The number of rotatable bonds is 5. The maximum absolute atomic E-state index is 13.1. The molecule has 1 unspecified atom stereocenters. The van der Waals surface area contributed by atoms with E-state index >= 15 is 0 Å². The average molecular weight is 306 g/mol. The highest BCUT2D eigenvalue weighted by atomic mass is 19.1. The molecule has 2 fully saturated rings. The van der Waals surface area contributed by atoms with Gasteiger partial charge >= 0.3 is 0 Å². The Labute approximate surface area is 132 Å². The van der Waals surface area contributed by atoms with E-state index in [2.05, 4.69) is 10.2 Å². The molecule has 122 valence electrons. The Morgan fingerprint density at radius 3 is 2.55 bits per heavy atom. The number of nitrogens with zero attached hydrogens (tertiary/aromatic N) is 1. The van der Waals surface area contributed by atoms with E-state index in [9.17, 15) is 4.39 Å². The first-order valence-electron chi connectivity index (χ1n) is 8.55. The third-order valence-electron chi connectivity index (χ3n) is 4.90. The molecule has 1 aromatic carbocycles. The highest BCUT2D eigenvalue weighted by molar-refractivity contribution is 5.19. The molecule has 0 spiro atoms. The summed E-state index contributed by atoms with van der Waals surface area (Å²) in [6, 6.07) is 6.90. The number of likely N-dealkylation sites (tertiary alicyclic amines) is 1. The Kier molecular flexibility index (Phi) is 5.45. The topological polar surface area (TPSA) is 24.5 Å². The van der Waals surface area contributed by atoms with Crippen LogP contribution in [-0.2, 0) is 11.2 Å². The SMILES string of the molecule is Fc1ccc(CC2(NCN3CCCCC3)CCCOC2)cc1. The summed E-state index contributed by atoms with van der Waals surface area (Å²) in [5.41, 5.74) is 1.17. The minimum Gasteiger partial charge on any atom is -0.380 e. The Hall–Kier alpha value is -0.970. The van der Waals surface area contributed by atoms with Crippen LogP contribution >= 0.6 is 0 Å². The molecule has 1 aromatic rings. The van der Waals surface area contributed by atoms with Gasteiger partial charge in [0, 0.05) is 18.8 Å². The van der Waals surface area contributed by atoms with Gasteiger partial charge in [0.05, 0.1) is 6.61 Å². The smallest absolute Gasteiger partial charge is 0.123 e. The van der Waals surface area contributed by atoms with Gasteiger partial charge in [-0.1, -0.05) is 18.6 Å². The van der Waals surface area contributed by atoms with Crippen LogP contribution in [0, 0.1) is 5.82 Å². The Morgan fingerprint density at radius 2 is 1.86 bits per heavy atom. The lowest BCUT2D eigenvalue weighted by Crippen LogP contribution is -2.56. The van der Waals surface area contributed by atoms with Crippen LogP contribution in [0.3, 0.4) is 0 Å². The molecule has 22 heavy (non-hydrogen) atoms. The molecule has 2 aliphatic rings. The van der Waals surface area contributed by atoms with Gasteiger partial charge in [-0.25, -0.2) is 4.39 Å². The Balaban J connectivity index is 1.63. The molecule has 3 rings (SSSR count). The lowest BCUT2D eigenvalue weighted by molar-refractivity contribution is 0.0113. The first kappa shape index (κ1) is 15.9. The second-order valence-electron chi connectivity index (χ2n) is 6.75. The second-order valence-corrected chi connectivity index (χ2v) is 6.75. The lowest BCUT2D eigenvalue weighted by Gasteiger charge is -2.40. The standard InChI is InChI=1S/C18H27FN2O/c19-17-7-5-16(6-8-17)13-18(9-4-12-22-14-18)20-15-21-10-2-1-3-11-21/h5-8,20H,1-4,9-15H2. The third kappa shape index (κ3) is 4.28. The van der Waals surface area contributed by atoms with Gasteiger partial charge in [0.1, 0.15) is 5.82 Å². The van der Waals surface area contributed by atoms with Crippen molar-refractivity contribution in [1.29, 1.82) is 0 Å². The molecule has 3 nitrogen and oxygen atoms in total. The van der Waals surface area contributed by atoms with Gasteiger partial charge in [0.25, 0.3) is 0 Å². The van der Waals surface area contributed by atoms with Crippen molar-refractivity contribution < 1.29 is 9.13 Å². The zero-order valence-corrected chi connectivity index (χ0v) is 13.3. The van der Waals surface area contributed by atoms with Gasteiger partial charge in [-0.15, -0.1) is 0 Å². The summed E-state index contributed by atoms with van der Waals surface area (Å²) < 4.78 is 18.9. The van der Waals surface area contributed by atoms with E-state index < -0.39 is 0 Å². The van der Waals surface area contributed by atoms with Gasteiger partial charge in [-0.05, 0) is 62.9 Å². The molecule has 0 radical (unpaired) electrons. The summed E-state index contributed by atoms with van der Waals surface area (Å²) in [6.45, 7) is 4.93. The van der Waals surface area contributed by atoms with Crippen LogP contribution in [0.15, 0.2) is 24.3 Å². The Morgan fingerprint density at radius 1 is 1.09 bits per heavy atom. The summed E-state index contributed by atoms with van der Waals surface area (Å²) in [6.07, 6.45) is 7.10. The zero-order chi connectivity index (χ0) is 15.3. The van der Waals surface area contributed by atoms with Crippen LogP contribution < -0.4 is 5.32 Å². The van der Waals surface area contributed by atoms with Gasteiger partial charge in [-0.2, -0.15) is 0 Å². The van der Waals surface area contributed by atoms with Crippen LogP contribution in [0.5, 0.6) is 0 Å². The summed E-state index contributed by atoms with van der Waals surface area (Å²) in [7, 11) is 0. The average Bonchev–Trinajstić information content (AvgIpc) is 2.57. The highest BCUT2D eigenvalue weighted by Crippen LogP contribution is 2.24. The van der Waals surface area contributed by atoms with Gasteiger partial charge in [-0.3, -0.25) is 10.2 Å². The van der Waals surface area contributed by atoms with Crippen LogP contribution in [0.2, 0.25) is 0 Å². The van der Waals surface area contributed by atoms with E-state index in [1.54, 1.807) is 12.1 Å². The summed E-state index contributed by atoms with van der Waals surface area (Å²) >= 11 is 0. The van der Waals surface area contributed by atoms with Crippen molar-refractivity contribution in [3.8, 4) is 0 Å². The number of hydrogen-bond donors (Lipinski definition) is 1. The number of piperidine rings is 1. The third-order valence-corrected chi connectivity index (χ3v) is 4.90. The van der Waals surface area contributed by atoms with E-state index in [1.165, 1.54) is 37.9 Å². The minimum absolute atomic E-state index is 0.00642. The molecule has 2 saturated heterocycles. The molecule has 2 aliphatic heterocycles. The molecule has 1 atom stereocenters. The van der Waals surface area contributed by atoms with Gasteiger partial charge < -0.3 is 4.74 Å². The van der Waals surface area contributed by atoms with Crippen LogP contribution in [0.4, 0.5) is 4.39 Å². The van der Waals surface area contributed by atoms with E-state index in [-0.39, 0.29) is 11.4 Å². The summed E-state index contributed by atoms with van der Waals surface area (Å²) in [4.78, 5) is 2.50. The van der Waals surface area contributed by atoms with Gasteiger partial charge in [0.15, 0.2) is 0 Å². The zero-order valence-electron chi connectivity index (χ0n) is 13.3. The molecule has 1 N–H and O–H groups in total. The Bertz CT molecular complexity index is 451. The van der Waals surface area contributed by atoms with Crippen LogP contribution in [-0.4, -0.2) is 43.4 Å². The number of benzene rings is 1. The lowest BCUT2D eigenvalue weighted by atomic mass is 9.85. The normalized spacial score (nSPS) is 27.0. The number of halogens is 1. The minimum atomic E-state index is -0.168. The van der Waals surface area contributed by atoms with Gasteiger partial charge in [0.2, 0.25) is 0 Å². The molecule has 0 aromatic heterocycles. The molecule has 4 heteroatoms. The molecular weight excluding hydrogens is 279 g/mol. The van der Waals surface area contributed by atoms with E-state index in [0.29, 0.717) is 0 Å². The fourth-order valence-corrected chi connectivity index (χ4v) is 3.58. The summed E-state index contributed by atoms with van der Waals surface area (Å²) in [5.74, 6) is -0.168. The first-order chi connectivity index (χ1) is 10.8. The van der Waals surface area contributed by atoms with Crippen molar-refractivity contribution in [2.24, 2.45) is 0 Å². The molecule has 2 heterocycles. The van der Waals surface area contributed by atoms with Crippen molar-refractivity contribution in [2.45, 2.75) is 44.1 Å². The van der Waals surface area contributed by atoms with E-state index in [1.807, 2.05) is 12.1 Å². The fraction of sp³-hybridized carbons (Fsp3) is 0.667. The van der Waals surface area contributed by atoms with E-state index in [4.69, 9.17) is 4.74 Å². The molecular formula is C18H27FN2O. The highest BCUT2D eigenvalue weighted by Gasteiger charge is 2.33. The monoisotopic (exact) mass is 306 g/mol. The van der Waals surface area contributed by atoms with Crippen molar-refractivity contribution in [3.05, 3.63) is 35.6 Å². The number of hydrogen-bond acceptors (Lipinski definition) is 3. The molecule has 0 aliphatic carbocycles. The number of nitrogens with one attached hydrogen (secondary N) is 1. The molecule has 0 saturated carbocycles. The largest absolute Gasteiger partial charge is 0.380 e. The maximum Gasteiger partial charge on any atom is 0.123 e. The van der Waals surface area contributed by atoms with Crippen molar-refractivity contribution >= 4 is 0 Å². The first-order valence-corrected chi connectivity index (χ1v) is 8.55. The molecule has 0 amide bonds. The number of ether oxygens (including phenoxy) is 1.